The molecule has 0 atom stereocenters. The molecule has 0 aromatic carbocycles. The topological polar surface area (TPSA) is 55.7 Å². The molecular formula is C14H14N4OS. The van der Waals surface area contributed by atoms with Crippen molar-refractivity contribution >= 4 is 23.4 Å². The molecule has 0 saturated carbocycles. The van der Waals surface area contributed by atoms with Gasteiger partial charge in [-0.05, 0) is 36.8 Å². The number of hydrogen-bond acceptors (Lipinski definition) is 4. The number of aromatic amines is 1. The molecule has 0 bridgehead atoms. The van der Waals surface area contributed by atoms with E-state index in [9.17, 15) is 0 Å². The zero-order chi connectivity index (χ0) is 14.1. The van der Waals surface area contributed by atoms with E-state index in [1.807, 2.05) is 35.8 Å². The average Bonchev–Trinajstić information content (AvgIpc) is 2.77. The largest absolute Gasteiger partial charge is 0.481 e. The summed E-state index contributed by atoms with van der Waals surface area (Å²) in [7, 11) is 1.60. The third kappa shape index (κ3) is 2.18. The number of fused-ring (bicyclic) bond motifs is 1. The number of aryl methyl sites for hydroxylation is 1. The Labute approximate surface area is 121 Å². The zero-order valence-corrected chi connectivity index (χ0v) is 12.1. The first-order valence-corrected chi connectivity index (χ1v) is 6.64. The Balaban J connectivity index is 2.13. The Hall–Kier alpha value is -2.21. The van der Waals surface area contributed by atoms with E-state index in [0.717, 1.165) is 22.4 Å². The van der Waals surface area contributed by atoms with E-state index in [1.54, 1.807) is 13.3 Å². The molecule has 3 heterocycles. The van der Waals surface area contributed by atoms with E-state index in [4.69, 9.17) is 17.0 Å². The fourth-order valence-electron chi connectivity index (χ4n) is 2.11. The predicted octanol–water partition coefficient (Wildman–Crippen LogP) is 2.85. The summed E-state index contributed by atoms with van der Waals surface area (Å²) in [5, 5.41) is 0. The van der Waals surface area contributed by atoms with Gasteiger partial charge in [0.15, 0.2) is 10.4 Å². The molecule has 6 heteroatoms. The van der Waals surface area contributed by atoms with Crippen LogP contribution in [-0.4, -0.2) is 26.6 Å². The van der Waals surface area contributed by atoms with Crippen molar-refractivity contribution in [1.82, 2.24) is 19.5 Å². The van der Waals surface area contributed by atoms with E-state index in [-0.39, 0.29) is 0 Å². The number of imidazole rings is 1. The van der Waals surface area contributed by atoms with Crippen LogP contribution >= 0.6 is 12.2 Å². The minimum Gasteiger partial charge on any atom is -0.481 e. The van der Waals surface area contributed by atoms with Crippen LogP contribution in [0.5, 0.6) is 5.88 Å². The number of ether oxygens (including phenoxy) is 1. The van der Waals surface area contributed by atoms with Gasteiger partial charge in [-0.25, -0.2) is 0 Å². The first-order chi connectivity index (χ1) is 9.69. The lowest BCUT2D eigenvalue weighted by Crippen LogP contribution is -2.04. The molecule has 0 unspecified atom stereocenters. The Bertz CT molecular complexity index is 821. The molecule has 0 aliphatic carbocycles. The van der Waals surface area contributed by atoms with Crippen molar-refractivity contribution in [3.05, 3.63) is 46.5 Å². The molecule has 1 N–H and O–H groups in total. The Morgan fingerprint density at radius 1 is 1.35 bits per heavy atom. The summed E-state index contributed by atoms with van der Waals surface area (Å²) in [6, 6.07) is 7.69. The van der Waals surface area contributed by atoms with E-state index < -0.39 is 0 Å². The van der Waals surface area contributed by atoms with Crippen LogP contribution in [0.3, 0.4) is 0 Å². The molecule has 0 amide bonds. The minimum absolute atomic E-state index is 0.568. The summed E-state index contributed by atoms with van der Waals surface area (Å²) in [5.41, 5.74) is 3.78. The summed E-state index contributed by atoms with van der Waals surface area (Å²) in [6.45, 7) is 2.63. The van der Waals surface area contributed by atoms with Crippen molar-refractivity contribution in [2.45, 2.75) is 13.5 Å². The van der Waals surface area contributed by atoms with Crippen molar-refractivity contribution in [1.29, 1.82) is 0 Å². The first kappa shape index (κ1) is 12.8. The molecule has 5 nitrogen and oxygen atoms in total. The number of nitrogens with zero attached hydrogens (tertiary/aromatic N) is 3. The Morgan fingerprint density at radius 2 is 2.20 bits per heavy atom. The van der Waals surface area contributed by atoms with Crippen molar-refractivity contribution in [3.63, 3.8) is 0 Å². The number of rotatable bonds is 3. The molecule has 0 spiro atoms. The average molecular weight is 286 g/mol. The number of H-pyrrole nitrogens is 1. The van der Waals surface area contributed by atoms with Crippen LogP contribution in [0.15, 0.2) is 30.5 Å². The molecule has 20 heavy (non-hydrogen) atoms. The second kappa shape index (κ2) is 5.05. The van der Waals surface area contributed by atoms with Crippen LogP contribution in [-0.2, 0) is 6.54 Å². The SMILES string of the molecule is COc1ccc2[nH]c(=S)n(Cc3ncccc3C)c2n1. The zero-order valence-electron chi connectivity index (χ0n) is 11.3. The van der Waals surface area contributed by atoms with Gasteiger partial charge in [0.25, 0.3) is 0 Å². The van der Waals surface area contributed by atoms with Crippen LogP contribution < -0.4 is 4.74 Å². The third-order valence-electron chi connectivity index (χ3n) is 3.23. The van der Waals surface area contributed by atoms with Crippen LogP contribution in [0, 0.1) is 11.7 Å². The van der Waals surface area contributed by atoms with Gasteiger partial charge in [-0.1, -0.05) is 6.07 Å². The fraction of sp³-hybridized carbons (Fsp3) is 0.214. The highest BCUT2D eigenvalue weighted by molar-refractivity contribution is 7.71. The second-order valence-corrected chi connectivity index (χ2v) is 4.89. The van der Waals surface area contributed by atoms with Crippen LogP contribution in [0.2, 0.25) is 0 Å². The lowest BCUT2D eigenvalue weighted by molar-refractivity contribution is 0.399. The highest BCUT2D eigenvalue weighted by Crippen LogP contribution is 2.18. The number of hydrogen-bond donors (Lipinski definition) is 1. The van der Waals surface area contributed by atoms with E-state index in [2.05, 4.69) is 15.0 Å². The number of methoxy groups -OCH3 is 1. The smallest absolute Gasteiger partial charge is 0.215 e. The molecule has 0 fully saturated rings. The van der Waals surface area contributed by atoms with E-state index >= 15 is 0 Å². The van der Waals surface area contributed by atoms with E-state index in [0.29, 0.717) is 17.2 Å². The lowest BCUT2D eigenvalue weighted by atomic mass is 10.2. The standard InChI is InChI=1S/C14H14N4OS/c1-9-4-3-7-15-11(9)8-18-13-10(16-14(18)20)5-6-12(17-13)19-2/h3-7H,8H2,1-2H3,(H,16,20). The number of pyridine rings is 2. The number of nitrogens with one attached hydrogen (secondary N) is 1. The minimum atomic E-state index is 0.568. The molecule has 0 saturated heterocycles. The lowest BCUT2D eigenvalue weighted by Gasteiger charge is -2.06. The summed E-state index contributed by atoms with van der Waals surface area (Å²) in [6.07, 6.45) is 1.79. The first-order valence-electron chi connectivity index (χ1n) is 6.23. The van der Waals surface area contributed by atoms with Crippen LogP contribution in [0.25, 0.3) is 11.2 Å². The van der Waals surface area contributed by atoms with Gasteiger partial charge < -0.3 is 9.72 Å². The molecule has 102 valence electrons. The Morgan fingerprint density at radius 3 is 2.95 bits per heavy atom. The predicted molar refractivity (Wildman–Crippen MR) is 79.5 cm³/mol. The van der Waals surface area contributed by atoms with Gasteiger partial charge >= 0.3 is 0 Å². The normalized spacial score (nSPS) is 10.9. The number of aromatic nitrogens is 4. The van der Waals surface area contributed by atoms with Gasteiger partial charge in [-0.2, -0.15) is 4.98 Å². The van der Waals surface area contributed by atoms with Gasteiger partial charge in [0.1, 0.15) is 0 Å². The van der Waals surface area contributed by atoms with Crippen molar-refractivity contribution in [2.75, 3.05) is 7.11 Å². The quantitative estimate of drug-likeness (QED) is 0.752. The van der Waals surface area contributed by atoms with Gasteiger partial charge in [0.2, 0.25) is 5.88 Å². The molecule has 0 aliphatic rings. The van der Waals surface area contributed by atoms with Crippen LogP contribution in [0.1, 0.15) is 11.3 Å². The second-order valence-electron chi connectivity index (χ2n) is 4.51. The third-order valence-corrected chi connectivity index (χ3v) is 3.55. The van der Waals surface area contributed by atoms with Crippen molar-refractivity contribution < 1.29 is 4.74 Å². The maximum absolute atomic E-state index is 5.37. The molecule has 0 aliphatic heterocycles. The van der Waals surface area contributed by atoms with E-state index in [1.165, 1.54) is 0 Å². The van der Waals surface area contributed by atoms with Crippen LogP contribution in [0.4, 0.5) is 0 Å². The van der Waals surface area contributed by atoms with Gasteiger partial charge in [-0.3, -0.25) is 9.55 Å². The van der Waals surface area contributed by atoms with Gasteiger partial charge in [-0.15, -0.1) is 0 Å². The maximum Gasteiger partial charge on any atom is 0.215 e. The summed E-state index contributed by atoms with van der Waals surface area (Å²) in [5.74, 6) is 0.568. The van der Waals surface area contributed by atoms with Crippen molar-refractivity contribution in [2.24, 2.45) is 0 Å². The molecule has 3 aromatic rings. The van der Waals surface area contributed by atoms with Gasteiger partial charge in [0.05, 0.1) is 24.9 Å². The molecular weight excluding hydrogens is 272 g/mol. The molecule has 3 rings (SSSR count). The summed E-state index contributed by atoms with van der Waals surface area (Å²) >= 11 is 5.37. The summed E-state index contributed by atoms with van der Waals surface area (Å²) < 4.78 is 7.74. The highest BCUT2D eigenvalue weighted by Gasteiger charge is 2.09. The monoisotopic (exact) mass is 286 g/mol. The molecule has 3 aromatic heterocycles. The summed E-state index contributed by atoms with van der Waals surface area (Å²) in [4.78, 5) is 12.0. The Kier molecular flexibility index (Phi) is 3.23. The molecule has 0 radical (unpaired) electrons. The highest BCUT2D eigenvalue weighted by atomic mass is 32.1. The fourth-order valence-corrected chi connectivity index (χ4v) is 2.37. The maximum atomic E-state index is 5.37. The van der Waals surface area contributed by atoms with Crippen molar-refractivity contribution in [3.8, 4) is 5.88 Å². The van der Waals surface area contributed by atoms with Gasteiger partial charge in [0, 0.05) is 12.3 Å².